The van der Waals surface area contributed by atoms with Gasteiger partial charge in [-0.25, -0.2) is 4.68 Å². The summed E-state index contributed by atoms with van der Waals surface area (Å²) in [7, 11) is 0. The van der Waals surface area contributed by atoms with Crippen LogP contribution in [0, 0.1) is 0 Å². The Hall–Kier alpha value is -2.45. The van der Waals surface area contributed by atoms with E-state index in [4.69, 9.17) is 4.99 Å². The standard InChI is InChI=1S/C22H28N6OS/c1-14(2)25-20-17-10-19(15-6-5-9-23-11-15)30-21(17)24-12-18(20)28-13-16(26-27-28)7-8-22(3,4)29/h5-6,9-10,12-14,21,25,29H,7-8,11H2,1-4H3. The van der Waals surface area contributed by atoms with Crippen molar-refractivity contribution in [3.8, 4) is 0 Å². The van der Waals surface area contributed by atoms with Gasteiger partial charge in [-0.1, -0.05) is 23.1 Å². The molecule has 8 heteroatoms. The van der Waals surface area contributed by atoms with E-state index in [0.717, 1.165) is 22.7 Å². The van der Waals surface area contributed by atoms with Crippen LogP contribution in [0.15, 0.2) is 56.2 Å². The van der Waals surface area contributed by atoms with Crippen LogP contribution < -0.4 is 5.32 Å². The number of aryl methyl sites for hydroxylation is 1. The van der Waals surface area contributed by atoms with E-state index in [1.54, 1.807) is 16.4 Å². The van der Waals surface area contributed by atoms with Crippen LogP contribution in [0.5, 0.6) is 0 Å². The van der Waals surface area contributed by atoms with Crippen LogP contribution in [0.1, 0.15) is 39.8 Å². The number of rotatable bonds is 6. The Balaban J connectivity index is 1.68. The van der Waals surface area contributed by atoms with Gasteiger partial charge in [0.25, 0.3) is 0 Å². The van der Waals surface area contributed by atoms with Crippen LogP contribution in [-0.2, 0) is 6.42 Å². The van der Waals surface area contributed by atoms with Crippen LogP contribution in [0.2, 0.25) is 0 Å². The number of allylic oxidation sites excluding steroid dienone is 3. The second-order valence-electron chi connectivity index (χ2n) is 8.61. The van der Waals surface area contributed by atoms with Gasteiger partial charge in [0.15, 0.2) is 0 Å². The molecule has 0 saturated carbocycles. The van der Waals surface area contributed by atoms with Crippen LogP contribution in [0.25, 0.3) is 5.70 Å². The number of nitrogens with one attached hydrogen (secondary N) is 1. The van der Waals surface area contributed by atoms with Crippen LogP contribution in [0.3, 0.4) is 0 Å². The van der Waals surface area contributed by atoms with E-state index in [2.05, 4.69) is 46.6 Å². The van der Waals surface area contributed by atoms with Gasteiger partial charge < -0.3 is 10.4 Å². The van der Waals surface area contributed by atoms with E-state index in [0.29, 0.717) is 19.4 Å². The van der Waals surface area contributed by atoms with Crippen molar-refractivity contribution < 1.29 is 5.11 Å². The second-order valence-corrected chi connectivity index (χ2v) is 9.73. The molecule has 0 amide bonds. The first-order valence-corrected chi connectivity index (χ1v) is 11.1. The molecular weight excluding hydrogens is 396 g/mol. The topological polar surface area (TPSA) is 87.7 Å². The number of aliphatic imine (C=N–C) groups is 2. The molecule has 30 heavy (non-hydrogen) atoms. The smallest absolute Gasteiger partial charge is 0.127 e. The Morgan fingerprint density at radius 3 is 2.90 bits per heavy atom. The molecule has 0 bridgehead atoms. The van der Waals surface area contributed by atoms with Crippen molar-refractivity contribution in [2.75, 3.05) is 6.54 Å². The monoisotopic (exact) mass is 424 g/mol. The molecule has 0 fully saturated rings. The van der Waals surface area contributed by atoms with Gasteiger partial charge in [-0.3, -0.25) is 9.98 Å². The van der Waals surface area contributed by atoms with Crippen molar-refractivity contribution in [3.63, 3.8) is 0 Å². The largest absolute Gasteiger partial charge is 0.390 e. The highest BCUT2D eigenvalue weighted by atomic mass is 32.2. The van der Waals surface area contributed by atoms with Crippen LogP contribution in [-0.4, -0.2) is 56.1 Å². The summed E-state index contributed by atoms with van der Waals surface area (Å²) in [5.74, 6) is 0. The van der Waals surface area contributed by atoms with Gasteiger partial charge in [0.1, 0.15) is 11.1 Å². The maximum absolute atomic E-state index is 9.99. The third-order valence-corrected chi connectivity index (χ3v) is 6.18. The number of fused-ring (bicyclic) bond motifs is 1. The molecule has 0 radical (unpaired) electrons. The normalized spacial score (nSPS) is 23.4. The predicted octanol–water partition coefficient (Wildman–Crippen LogP) is 3.13. The lowest BCUT2D eigenvalue weighted by Gasteiger charge is -2.24. The molecule has 3 aliphatic heterocycles. The summed E-state index contributed by atoms with van der Waals surface area (Å²) in [6, 6.07) is 0.266. The summed E-state index contributed by atoms with van der Waals surface area (Å²) in [5, 5.41) is 22.3. The lowest BCUT2D eigenvalue weighted by atomic mass is 10.0. The maximum Gasteiger partial charge on any atom is 0.127 e. The molecule has 1 unspecified atom stereocenters. The lowest BCUT2D eigenvalue weighted by molar-refractivity contribution is 0.0711. The molecule has 4 heterocycles. The van der Waals surface area contributed by atoms with Crippen molar-refractivity contribution in [1.82, 2.24) is 20.3 Å². The number of aromatic nitrogens is 3. The summed E-state index contributed by atoms with van der Waals surface area (Å²) in [4.78, 5) is 10.4. The highest BCUT2D eigenvalue weighted by molar-refractivity contribution is 8.04. The Morgan fingerprint density at radius 2 is 2.20 bits per heavy atom. The third kappa shape index (κ3) is 4.65. The fourth-order valence-corrected chi connectivity index (χ4v) is 4.58. The summed E-state index contributed by atoms with van der Waals surface area (Å²) >= 11 is 1.76. The first-order valence-electron chi connectivity index (χ1n) is 10.3. The molecule has 0 aromatic carbocycles. The van der Waals surface area contributed by atoms with Crippen LogP contribution >= 0.6 is 11.8 Å². The van der Waals surface area contributed by atoms with Crippen molar-refractivity contribution >= 4 is 29.9 Å². The van der Waals surface area contributed by atoms with Crippen molar-refractivity contribution in [1.29, 1.82) is 0 Å². The molecular formula is C22H28N6OS. The van der Waals surface area contributed by atoms with E-state index in [1.165, 1.54) is 10.5 Å². The average Bonchev–Trinajstić information content (AvgIpc) is 3.34. The molecule has 3 aliphatic rings. The number of hydrogen-bond donors (Lipinski definition) is 2. The van der Waals surface area contributed by atoms with Gasteiger partial charge in [0.05, 0.1) is 35.9 Å². The minimum Gasteiger partial charge on any atom is -0.390 e. The molecule has 7 nitrogen and oxygen atoms in total. The van der Waals surface area contributed by atoms with E-state index >= 15 is 0 Å². The number of nitrogens with zero attached hydrogens (tertiary/aromatic N) is 5. The first-order chi connectivity index (χ1) is 14.3. The van der Waals surface area contributed by atoms with Gasteiger partial charge in [0.2, 0.25) is 0 Å². The molecule has 0 saturated heterocycles. The molecule has 1 aromatic heterocycles. The number of thioether (sulfide) groups is 1. The fourth-order valence-electron chi connectivity index (χ4n) is 3.42. The van der Waals surface area contributed by atoms with Crippen LogP contribution in [0.4, 0.5) is 0 Å². The Morgan fingerprint density at radius 1 is 1.37 bits per heavy atom. The van der Waals surface area contributed by atoms with Gasteiger partial charge >= 0.3 is 0 Å². The molecule has 2 N–H and O–H groups in total. The number of aliphatic hydroxyl groups is 1. The highest BCUT2D eigenvalue weighted by Gasteiger charge is 2.32. The van der Waals surface area contributed by atoms with E-state index < -0.39 is 5.60 Å². The van der Waals surface area contributed by atoms with Crippen molar-refractivity contribution in [2.24, 2.45) is 9.98 Å². The van der Waals surface area contributed by atoms with E-state index in [9.17, 15) is 5.11 Å². The molecule has 4 rings (SSSR count). The van der Waals surface area contributed by atoms with Crippen molar-refractivity contribution in [3.05, 3.63) is 51.9 Å². The average molecular weight is 425 g/mol. The zero-order chi connectivity index (χ0) is 21.3. The Bertz CT molecular complexity index is 1000. The van der Waals surface area contributed by atoms with E-state index in [-0.39, 0.29) is 11.4 Å². The van der Waals surface area contributed by atoms with Gasteiger partial charge in [-0.05, 0) is 58.3 Å². The minimum atomic E-state index is -0.722. The summed E-state index contributed by atoms with van der Waals surface area (Å²) in [5.41, 5.74) is 4.43. The number of dihydropyridines is 2. The van der Waals surface area contributed by atoms with E-state index in [1.807, 2.05) is 38.5 Å². The molecule has 0 spiro atoms. The highest BCUT2D eigenvalue weighted by Crippen LogP contribution is 2.44. The lowest BCUT2D eigenvalue weighted by Crippen LogP contribution is -2.29. The zero-order valence-electron chi connectivity index (χ0n) is 17.8. The summed E-state index contributed by atoms with van der Waals surface area (Å²) in [6.45, 7) is 8.57. The molecule has 0 aliphatic carbocycles. The van der Waals surface area contributed by atoms with Gasteiger partial charge in [0, 0.05) is 22.7 Å². The fraction of sp³-hybridized carbons (Fsp3) is 0.455. The Labute approximate surface area is 181 Å². The maximum atomic E-state index is 9.99. The zero-order valence-corrected chi connectivity index (χ0v) is 18.6. The second kappa shape index (κ2) is 8.35. The molecule has 158 valence electrons. The molecule has 1 atom stereocenters. The number of hydrogen-bond acceptors (Lipinski definition) is 7. The SMILES string of the molecule is CC(C)NC1=C(n2cc(CCC(C)(C)O)nn2)C=NC2SC(=C3C=CC=NC3)C=C12. The van der Waals surface area contributed by atoms with Gasteiger partial charge in [-0.2, -0.15) is 0 Å². The first kappa shape index (κ1) is 20.8. The van der Waals surface area contributed by atoms with Gasteiger partial charge in [-0.15, -0.1) is 5.10 Å². The Kier molecular flexibility index (Phi) is 5.79. The summed E-state index contributed by atoms with van der Waals surface area (Å²) < 4.78 is 1.78. The molecule has 1 aromatic rings. The summed E-state index contributed by atoms with van der Waals surface area (Å²) in [6.07, 6.45) is 13.3. The third-order valence-electron chi connectivity index (χ3n) is 4.95. The quantitative estimate of drug-likeness (QED) is 0.733. The van der Waals surface area contributed by atoms with Crippen molar-refractivity contribution in [2.45, 2.75) is 57.6 Å². The minimum absolute atomic E-state index is 0.0370. The predicted molar refractivity (Wildman–Crippen MR) is 124 cm³/mol.